The Labute approximate surface area is 192 Å². The number of carbonyl (C=O) groups is 1. The van der Waals surface area contributed by atoms with Gasteiger partial charge in [0.05, 0.1) is 0 Å². The van der Waals surface area contributed by atoms with Crippen molar-refractivity contribution in [3.63, 3.8) is 0 Å². The molecule has 3 heterocycles. The van der Waals surface area contributed by atoms with E-state index < -0.39 is 68.8 Å². The van der Waals surface area contributed by atoms with Crippen LogP contribution in [0.4, 0.5) is 4.79 Å². The predicted octanol–water partition coefficient (Wildman–Crippen LogP) is -1.00. The molecule has 15 heteroatoms. The van der Waals surface area contributed by atoms with Gasteiger partial charge < -0.3 is 0 Å². The van der Waals surface area contributed by atoms with Crippen molar-refractivity contribution in [2.75, 3.05) is 13.2 Å². The van der Waals surface area contributed by atoms with Crippen molar-refractivity contribution in [3.05, 3.63) is 69.0 Å². The van der Waals surface area contributed by atoms with E-state index in [2.05, 4.69) is 5.32 Å². The average molecular weight is 501 g/mol. The van der Waals surface area contributed by atoms with E-state index in [-0.39, 0.29) is 6.61 Å². The number of H-pyrrole nitrogens is 1. The van der Waals surface area contributed by atoms with Crippen molar-refractivity contribution in [2.24, 2.45) is 0 Å². The fourth-order valence-electron chi connectivity index (χ4n) is 3.77. The van der Waals surface area contributed by atoms with Crippen LogP contribution in [0.3, 0.4) is 0 Å². The molecule has 1 aromatic carbocycles. The van der Waals surface area contributed by atoms with Crippen LogP contribution in [0.5, 0.6) is 0 Å². The molecule has 186 valence electrons. The molecule has 6 atom stereocenters. The van der Waals surface area contributed by atoms with Crippen LogP contribution >= 0.6 is 8.17 Å². The molecule has 2 aliphatic heterocycles. The van der Waals surface area contributed by atoms with E-state index in [1.807, 2.05) is 4.98 Å². The minimum absolute atomic E-state index is 0.249. The molecule has 1 amide bonds. The summed E-state index contributed by atoms with van der Waals surface area (Å²) < 4.78 is 22.9. The standard InChI is InChI=1S/C19H24N3O11P/c23-13-6-7-22(18(26)21-13)17-15(25)14(24)12(32-17)9-31-34(29)30-8-11(20-19(27)28)16(33-34)10-4-2-1-3-5-10/h1-7,11-12,14-17,20,24-25,29,34H,8-9H2,(H,27,28)(H,21,23,26)/t11-,12+,14?,15?,16+,17?/m0/s1. The Morgan fingerprint density at radius 1 is 1.21 bits per heavy atom. The van der Waals surface area contributed by atoms with Gasteiger partial charge in [-0.1, -0.05) is 0 Å². The van der Waals surface area contributed by atoms with E-state index in [1.54, 1.807) is 30.3 Å². The van der Waals surface area contributed by atoms with Gasteiger partial charge in [-0.2, -0.15) is 0 Å². The number of aromatic nitrogens is 2. The Hall–Kier alpha value is -2.68. The molecule has 0 spiro atoms. The molecule has 2 fully saturated rings. The van der Waals surface area contributed by atoms with Crippen molar-refractivity contribution >= 4 is 14.3 Å². The van der Waals surface area contributed by atoms with Crippen molar-refractivity contribution in [3.8, 4) is 0 Å². The first-order valence-corrected chi connectivity index (χ1v) is 11.9. The number of rotatable bonds is 6. The maximum absolute atomic E-state index is 12.0. The van der Waals surface area contributed by atoms with Gasteiger partial charge in [0.1, 0.15) is 0 Å². The summed E-state index contributed by atoms with van der Waals surface area (Å²) >= 11 is 0. The first kappa shape index (κ1) is 24.4. The number of carboxylic acid groups (broad SMARTS) is 1. The number of benzene rings is 1. The van der Waals surface area contributed by atoms with E-state index in [0.29, 0.717) is 5.56 Å². The Bertz CT molecular complexity index is 1130. The van der Waals surface area contributed by atoms with Crippen LogP contribution in [-0.2, 0) is 18.3 Å². The molecule has 0 aliphatic carbocycles. The number of ether oxygens (including phenoxy) is 1. The van der Waals surface area contributed by atoms with Gasteiger partial charge in [0, 0.05) is 0 Å². The molecule has 4 rings (SSSR count). The van der Waals surface area contributed by atoms with Gasteiger partial charge in [-0.25, -0.2) is 0 Å². The van der Waals surface area contributed by atoms with Crippen LogP contribution in [0.25, 0.3) is 0 Å². The third kappa shape index (κ3) is 5.19. The van der Waals surface area contributed by atoms with Gasteiger partial charge in [-0.15, -0.1) is 0 Å². The molecule has 2 aromatic rings. The third-order valence-corrected chi connectivity index (χ3v) is 7.03. The van der Waals surface area contributed by atoms with Gasteiger partial charge in [-0.3, -0.25) is 0 Å². The Balaban J connectivity index is 1.45. The summed E-state index contributed by atoms with van der Waals surface area (Å²) in [5.74, 6) is 0. The number of aliphatic hydroxyl groups excluding tert-OH is 2. The summed E-state index contributed by atoms with van der Waals surface area (Å²) in [4.78, 5) is 47.3. The van der Waals surface area contributed by atoms with Crippen molar-refractivity contribution in [2.45, 2.75) is 36.7 Å². The number of amides is 1. The second kappa shape index (κ2) is 9.90. The van der Waals surface area contributed by atoms with Crippen LogP contribution < -0.4 is 16.6 Å². The van der Waals surface area contributed by atoms with Crippen molar-refractivity contribution < 1.29 is 43.3 Å². The predicted molar refractivity (Wildman–Crippen MR) is 115 cm³/mol. The molecule has 34 heavy (non-hydrogen) atoms. The Morgan fingerprint density at radius 2 is 1.94 bits per heavy atom. The molecule has 14 nitrogen and oxygen atoms in total. The molecule has 3 unspecified atom stereocenters. The number of nitrogens with one attached hydrogen (secondary N) is 2. The molecule has 2 aliphatic rings. The van der Waals surface area contributed by atoms with Gasteiger partial charge in [0.2, 0.25) is 0 Å². The topological polar surface area (TPSA) is 202 Å². The fourth-order valence-corrected chi connectivity index (χ4v) is 5.37. The molecule has 1 aromatic heterocycles. The zero-order valence-electron chi connectivity index (χ0n) is 17.5. The van der Waals surface area contributed by atoms with E-state index in [9.17, 15) is 29.5 Å². The first-order chi connectivity index (χ1) is 16.2. The van der Waals surface area contributed by atoms with E-state index in [1.165, 1.54) is 0 Å². The summed E-state index contributed by atoms with van der Waals surface area (Å²) in [5.41, 5.74) is -0.915. The SMILES string of the molecule is O=C(O)N[C@H]1CO[PH](O)(OC[C@H]2OC(n3ccc(=O)[nH]c3=O)C(O)C2O)O[C@@H]1c1ccccc1. The summed E-state index contributed by atoms with van der Waals surface area (Å²) in [5, 5.41) is 32.1. The average Bonchev–Trinajstić information content (AvgIpc) is 3.08. The third-order valence-electron chi connectivity index (χ3n) is 5.42. The maximum atomic E-state index is 12.0. The van der Waals surface area contributed by atoms with Gasteiger partial charge >= 0.3 is 191 Å². The van der Waals surface area contributed by atoms with Crippen molar-refractivity contribution in [1.82, 2.24) is 14.9 Å². The summed E-state index contributed by atoms with van der Waals surface area (Å²) in [6.45, 7) is -0.727. The van der Waals surface area contributed by atoms with Gasteiger partial charge in [0.15, 0.2) is 0 Å². The molecule has 6 N–H and O–H groups in total. The zero-order chi connectivity index (χ0) is 24.5. The van der Waals surface area contributed by atoms with Gasteiger partial charge in [-0.05, 0) is 0 Å². The number of aliphatic hydroxyl groups is 2. The van der Waals surface area contributed by atoms with E-state index in [0.717, 1.165) is 16.8 Å². The molecule has 2 saturated heterocycles. The van der Waals surface area contributed by atoms with Crippen LogP contribution in [0.2, 0.25) is 0 Å². The van der Waals surface area contributed by atoms with Crippen LogP contribution in [0.1, 0.15) is 17.9 Å². The fraction of sp³-hybridized carbons (Fsp3) is 0.421. The number of hydrogen-bond donors (Lipinski definition) is 6. The van der Waals surface area contributed by atoms with E-state index >= 15 is 0 Å². The minimum atomic E-state index is -4.34. The van der Waals surface area contributed by atoms with Crippen molar-refractivity contribution in [1.29, 1.82) is 0 Å². The monoisotopic (exact) mass is 501 g/mol. The molecular weight excluding hydrogens is 477 g/mol. The van der Waals surface area contributed by atoms with Crippen LogP contribution in [-0.4, -0.2) is 73.4 Å². The van der Waals surface area contributed by atoms with Crippen LogP contribution in [0, 0.1) is 0 Å². The summed E-state index contributed by atoms with van der Waals surface area (Å²) in [6.07, 6.45) is -6.66. The number of nitrogens with zero attached hydrogens (tertiary/aromatic N) is 1. The molecule has 0 radical (unpaired) electrons. The quantitative estimate of drug-likeness (QED) is 0.265. The second-order valence-corrected chi connectivity index (χ2v) is 9.58. The summed E-state index contributed by atoms with van der Waals surface area (Å²) in [6, 6.07) is 8.80. The Morgan fingerprint density at radius 3 is 2.62 bits per heavy atom. The number of hydrogen-bond acceptors (Lipinski definition) is 10. The summed E-state index contributed by atoms with van der Waals surface area (Å²) in [7, 11) is -4.34. The van der Waals surface area contributed by atoms with Gasteiger partial charge in [0.25, 0.3) is 0 Å². The second-order valence-electron chi connectivity index (χ2n) is 7.71. The first-order valence-electron chi connectivity index (χ1n) is 10.2. The number of aromatic amines is 1. The Kier molecular flexibility index (Phi) is 7.12. The normalized spacial score (nSPS) is 31.6. The zero-order valence-corrected chi connectivity index (χ0v) is 18.5. The molecular formula is C19H24N3O11P. The van der Waals surface area contributed by atoms with Crippen LogP contribution in [0.15, 0.2) is 52.2 Å². The molecule has 0 saturated carbocycles. The molecule has 0 bridgehead atoms. The van der Waals surface area contributed by atoms with E-state index in [4.69, 9.17) is 23.4 Å².